The van der Waals surface area contributed by atoms with E-state index in [2.05, 4.69) is 150 Å². The summed E-state index contributed by atoms with van der Waals surface area (Å²) < 4.78 is 46.9. The molecule has 16 rings (SSSR count). The lowest BCUT2D eigenvalue weighted by Gasteiger charge is -2.36. The van der Waals surface area contributed by atoms with Crippen molar-refractivity contribution in [1.82, 2.24) is 44.9 Å². The lowest BCUT2D eigenvalue weighted by molar-refractivity contribution is 0.108. The van der Waals surface area contributed by atoms with Gasteiger partial charge >= 0.3 is 0 Å². The Balaban J connectivity index is 0.000000203. The van der Waals surface area contributed by atoms with Crippen LogP contribution in [0.1, 0.15) is 131 Å². The Labute approximate surface area is 620 Å². The number of aliphatic hydroxyl groups is 1. The van der Waals surface area contributed by atoms with E-state index in [-0.39, 0.29) is 17.7 Å². The molecule has 9 heterocycles. The van der Waals surface area contributed by atoms with Gasteiger partial charge in [0.15, 0.2) is 14.1 Å². The highest BCUT2D eigenvalue weighted by Gasteiger charge is 2.37. The van der Waals surface area contributed by atoms with Crippen LogP contribution in [0.3, 0.4) is 0 Å². The van der Waals surface area contributed by atoms with Gasteiger partial charge in [-0.05, 0) is 195 Å². The van der Waals surface area contributed by atoms with Crippen molar-refractivity contribution in [2.75, 3.05) is 46.2 Å². The zero-order chi connectivity index (χ0) is 72.5. The summed E-state index contributed by atoms with van der Waals surface area (Å²) in [6.07, 6.45) is 17.6. The minimum Gasteiger partial charge on any atom is -0.494 e. The third-order valence-electron chi connectivity index (χ3n) is 19.2. The number of ether oxygens (including phenoxy) is 6. The molecule has 18 heteroatoms. The largest absolute Gasteiger partial charge is 0.494 e. The molecule has 17 nitrogen and oxygen atoms in total. The lowest BCUT2D eigenvalue weighted by atomic mass is 10.0. The van der Waals surface area contributed by atoms with Crippen LogP contribution < -0.4 is 28.4 Å². The molecule has 5 aliphatic heterocycles. The standard InChI is InChI=1S/C47H54N6O5Si.C40H43N3O3/c1-47(2,3)59(4,5)58-35-37-27-42-32-43(28-37)57-26-14-8-12-24-55-41-22-16-20-39(31-41)53-34-46(49-51-53)44(29-36-17-9-6-10-18-36)45-33-52(50-48-45)38-19-15-21-40(30-38)54-23-11-7-13-25-56-42;44-30-35(27-31-11-5-4-6-12-31)43-28-32-17-21-36(22-18-32)45-25-7-2-1-3-8-26-46-37-23-19-33(20-24-37)38-14-10-16-40(42-38)39-15-9-13-34(29-43)41-39/h6,9-10,15,17-21,27-34H,7-8,11-14,23-26,35H2,1-5H3;4-6,9-24,35,44H,1-3,7-8,25-30H2/b44-29+;/t;35-/m.0/s1. The second-order valence-electron chi connectivity index (χ2n) is 28.3. The fourth-order valence-corrected chi connectivity index (χ4v) is 13.1. The van der Waals surface area contributed by atoms with E-state index < -0.39 is 8.32 Å². The molecule has 105 heavy (non-hydrogen) atoms. The van der Waals surface area contributed by atoms with Crippen LogP contribution in [0.2, 0.25) is 18.1 Å². The van der Waals surface area contributed by atoms with Gasteiger partial charge in [0.05, 0.1) is 99.4 Å². The van der Waals surface area contributed by atoms with Crippen LogP contribution in [-0.4, -0.2) is 111 Å². The predicted octanol–water partition coefficient (Wildman–Crippen LogP) is 18.3. The molecule has 0 saturated heterocycles. The molecule has 1 N–H and O–H groups in total. The summed E-state index contributed by atoms with van der Waals surface area (Å²) in [6, 6.07) is 73.0. The van der Waals surface area contributed by atoms with E-state index in [1.54, 1.807) is 9.36 Å². The molecule has 4 aromatic heterocycles. The van der Waals surface area contributed by atoms with Gasteiger partial charge in [-0.3, -0.25) is 4.90 Å². The fraction of sp³-hybridized carbons (Fsp3) is 0.333. The molecule has 1 atom stereocenters. The van der Waals surface area contributed by atoms with Gasteiger partial charge < -0.3 is 38.0 Å². The number of aromatic nitrogens is 8. The summed E-state index contributed by atoms with van der Waals surface area (Å²) in [6.45, 7) is 16.9. The van der Waals surface area contributed by atoms with E-state index in [0.29, 0.717) is 63.3 Å². The van der Waals surface area contributed by atoms with Gasteiger partial charge in [-0.15, -0.1) is 10.2 Å². The van der Waals surface area contributed by atoms with Crippen molar-refractivity contribution in [2.24, 2.45) is 0 Å². The summed E-state index contributed by atoms with van der Waals surface area (Å²) in [5.41, 5.74) is 12.6. The first-order valence-electron chi connectivity index (χ1n) is 37.1. The van der Waals surface area contributed by atoms with Gasteiger partial charge in [-0.25, -0.2) is 19.3 Å². The molecule has 0 aliphatic carbocycles. The third-order valence-corrected chi connectivity index (χ3v) is 23.7. The Hall–Kier alpha value is -10.4. The van der Waals surface area contributed by atoms with Crippen molar-refractivity contribution in [2.45, 2.75) is 142 Å². The minimum atomic E-state index is -1.94. The van der Waals surface area contributed by atoms with Crippen LogP contribution in [0.15, 0.2) is 213 Å². The van der Waals surface area contributed by atoms with E-state index in [0.717, 1.165) is 169 Å². The molecule has 0 radical (unpaired) electrons. The van der Waals surface area contributed by atoms with Crippen LogP contribution in [0, 0.1) is 12.1 Å². The zero-order valence-corrected chi connectivity index (χ0v) is 62.2. The van der Waals surface area contributed by atoms with Crippen molar-refractivity contribution in [3.8, 4) is 68.5 Å². The van der Waals surface area contributed by atoms with E-state index in [1.165, 1.54) is 17.5 Å². The first kappa shape index (κ1) is 74.3. The molecule has 11 aromatic rings. The molecule has 0 amide bonds. The normalized spacial score (nSPS) is 15.5. The van der Waals surface area contributed by atoms with Gasteiger partial charge in [0.1, 0.15) is 40.1 Å². The smallest absolute Gasteiger partial charge is 0.192 e. The van der Waals surface area contributed by atoms with Crippen molar-refractivity contribution in [3.63, 3.8) is 0 Å². The SMILES string of the molecule is CC(C)(C)[Si](C)(C)OCc1cc2cc(c1)OCCCCCOc1cccc(c1)-n1cc(nn1)/C(=C\c1ccccc1)c1cn(nn1)-c1cc#cc(c1)OCCCCCO2.OC[C@H](Cc1ccccc1)N1Cc2ccc(cc2)OCCCCCCCOc2ccc(cc2)-c2cccc(n2)-c2cccc(n2)C1. The molecular formula is C87H97N9O8Si. The van der Waals surface area contributed by atoms with Crippen LogP contribution in [0.5, 0.6) is 34.5 Å². The summed E-state index contributed by atoms with van der Waals surface area (Å²) in [7, 11) is -1.94. The van der Waals surface area contributed by atoms with E-state index >= 15 is 0 Å². The van der Waals surface area contributed by atoms with Gasteiger partial charge in [-0.2, -0.15) is 0 Å². The number of hydrogen-bond acceptors (Lipinski definition) is 15. The maximum Gasteiger partial charge on any atom is 0.192 e. The van der Waals surface area contributed by atoms with Crippen molar-refractivity contribution in [1.29, 1.82) is 0 Å². The highest BCUT2D eigenvalue weighted by atomic mass is 28.4. The number of aliphatic hydroxyl groups excluding tert-OH is 1. The number of pyridine rings is 2. The molecule has 0 unspecified atom stereocenters. The predicted molar refractivity (Wildman–Crippen MR) is 416 cm³/mol. The second-order valence-corrected chi connectivity index (χ2v) is 33.1. The van der Waals surface area contributed by atoms with E-state index in [4.69, 9.17) is 42.8 Å². The summed E-state index contributed by atoms with van der Waals surface area (Å²) in [5, 5.41) is 28.9. The van der Waals surface area contributed by atoms with Gasteiger partial charge in [0.25, 0.3) is 0 Å². The molecule has 0 spiro atoms. The molecule has 0 saturated carbocycles. The Morgan fingerprint density at radius 2 is 1.04 bits per heavy atom. The van der Waals surface area contributed by atoms with Crippen molar-refractivity contribution >= 4 is 20.0 Å². The Bertz CT molecular complexity index is 4390. The summed E-state index contributed by atoms with van der Waals surface area (Å²) in [4.78, 5) is 12.4. The monoisotopic (exact) mass is 1420 g/mol. The molecule has 542 valence electrons. The number of rotatable bonds is 8. The highest BCUT2D eigenvalue weighted by molar-refractivity contribution is 6.74. The first-order chi connectivity index (χ1) is 51.3. The van der Waals surface area contributed by atoms with Crippen molar-refractivity contribution in [3.05, 3.63) is 264 Å². The average Bonchev–Trinajstić information content (AvgIpc) is 1.76. The zero-order valence-electron chi connectivity index (χ0n) is 61.2. The molecule has 0 fully saturated rings. The number of fused-ring (bicyclic) bond motifs is 12. The maximum atomic E-state index is 10.6. The van der Waals surface area contributed by atoms with Gasteiger partial charge in [0.2, 0.25) is 0 Å². The van der Waals surface area contributed by atoms with Crippen LogP contribution >= 0.6 is 0 Å². The first-order valence-corrected chi connectivity index (χ1v) is 40.0. The molecule has 7 aromatic carbocycles. The van der Waals surface area contributed by atoms with Crippen molar-refractivity contribution < 1.29 is 38.0 Å². The molecule has 5 aliphatic rings. The topological polar surface area (TPSA) is 175 Å². The number of hydrogen-bond donors (Lipinski definition) is 1. The van der Waals surface area contributed by atoms with Crippen LogP contribution in [-0.2, 0) is 30.5 Å². The average molecular weight is 1420 g/mol. The highest BCUT2D eigenvalue weighted by Crippen LogP contribution is 2.38. The quantitative estimate of drug-likeness (QED) is 0.142. The third kappa shape index (κ3) is 22.1. The number of nitrogens with zero attached hydrogens (tertiary/aromatic N) is 9. The second kappa shape index (κ2) is 37.3. The summed E-state index contributed by atoms with van der Waals surface area (Å²) >= 11 is 0. The Kier molecular flexibility index (Phi) is 26.4. The Morgan fingerprint density at radius 1 is 0.495 bits per heavy atom. The fourth-order valence-electron chi connectivity index (χ4n) is 12.1. The van der Waals surface area contributed by atoms with E-state index in [9.17, 15) is 5.11 Å². The van der Waals surface area contributed by atoms with Crippen LogP contribution in [0.4, 0.5) is 0 Å². The van der Waals surface area contributed by atoms with Gasteiger partial charge in [-0.1, -0.05) is 148 Å². The van der Waals surface area contributed by atoms with Gasteiger partial charge in [0, 0.05) is 54.5 Å². The molecular weight excluding hydrogens is 1330 g/mol. The lowest BCUT2D eigenvalue weighted by Crippen LogP contribution is -2.40. The summed E-state index contributed by atoms with van der Waals surface area (Å²) in [5.74, 6) is 4.73. The minimum absolute atomic E-state index is 0.0449. The van der Waals surface area contributed by atoms with E-state index in [1.807, 2.05) is 140 Å². The molecule has 18 bridgehead atoms. The number of benzene rings is 6. The van der Waals surface area contributed by atoms with Crippen LogP contribution in [0.25, 0.3) is 45.7 Å². The maximum absolute atomic E-state index is 10.6. The Morgan fingerprint density at radius 3 is 1.68 bits per heavy atom.